The quantitative estimate of drug-likeness (QED) is 0.694. The van der Waals surface area contributed by atoms with E-state index in [0.29, 0.717) is 19.5 Å². The maximum atomic E-state index is 11.8. The van der Waals surface area contributed by atoms with E-state index >= 15 is 0 Å². The summed E-state index contributed by atoms with van der Waals surface area (Å²) < 4.78 is 2.00. The zero-order valence-corrected chi connectivity index (χ0v) is 14.3. The predicted octanol–water partition coefficient (Wildman–Crippen LogP) is 2.14. The Labute approximate surface area is 142 Å². The number of urea groups is 1. The lowest BCUT2D eigenvalue weighted by Crippen LogP contribution is -2.37. The molecule has 3 N–H and O–H groups in total. The lowest BCUT2D eigenvalue weighted by Gasteiger charge is -2.14. The molecule has 0 fully saturated rings. The fourth-order valence-electron chi connectivity index (χ4n) is 2.34. The molecule has 2 rings (SSSR count). The van der Waals surface area contributed by atoms with Gasteiger partial charge in [-0.2, -0.15) is 0 Å². The summed E-state index contributed by atoms with van der Waals surface area (Å²) in [7, 11) is 0. The van der Waals surface area contributed by atoms with Gasteiger partial charge in [-0.15, -0.1) is 0 Å². The summed E-state index contributed by atoms with van der Waals surface area (Å²) in [6.07, 6.45) is 5.64. The normalized spacial score (nSPS) is 12.2. The molecular weight excluding hydrogens is 304 g/mol. The number of benzene rings is 1. The molecule has 24 heavy (non-hydrogen) atoms. The Hall–Kier alpha value is -2.34. The molecule has 0 aliphatic carbocycles. The van der Waals surface area contributed by atoms with Crippen molar-refractivity contribution in [3.63, 3.8) is 0 Å². The largest absolute Gasteiger partial charge is 0.393 e. The minimum absolute atomic E-state index is 0.202. The molecule has 1 aromatic heterocycles. The van der Waals surface area contributed by atoms with Gasteiger partial charge < -0.3 is 20.3 Å². The first-order valence-electron chi connectivity index (χ1n) is 8.28. The van der Waals surface area contributed by atoms with Gasteiger partial charge in [-0.3, -0.25) is 0 Å². The lowest BCUT2D eigenvalue weighted by atomic mass is 10.0. The van der Waals surface area contributed by atoms with Gasteiger partial charge in [-0.05, 0) is 23.5 Å². The van der Waals surface area contributed by atoms with Crippen molar-refractivity contribution in [2.45, 2.75) is 39.5 Å². The molecule has 0 bridgehead atoms. The third kappa shape index (κ3) is 6.04. The van der Waals surface area contributed by atoms with Crippen LogP contribution in [0.5, 0.6) is 0 Å². The molecule has 0 saturated heterocycles. The van der Waals surface area contributed by atoms with Gasteiger partial charge >= 0.3 is 6.03 Å². The average molecular weight is 330 g/mol. The second-order valence-corrected chi connectivity index (χ2v) is 6.26. The molecular formula is C18H26N4O2. The Bertz CT molecular complexity index is 626. The molecule has 1 aromatic carbocycles. The maximum absolute atomic E-state index is 11.8. The van der Waals surface area contributed by atoms with Gasteiger partial charge in [-0.25, -0.2) is 9.78 Å². The number of nitrogens with one attached hydrogen (secondary N) is 2. The van der Waals surface area contributed by atoms with E-state index in [2.05, 4.69) is 27.8 Å². The number of hydrogen-bond donors (Lipinski definition) is 3. The number of nitrogens with zero attached hydrogens (tertiary/aromatic N) is 2. The van der Waals surface area contributed by atoms with Gasteiger partial charge in [0.05, 0.1) is 12.4 Å². The monoisotopic (exact) mass is 330 g/mol. The summed E-state index contributed by atoms with van der Waals surface area (Å²) in [5.41, 5.74) is 2.21. The van der Waals surface area contributed by atoms with Crippen molar-refractivity contribution in [1.29, 1.82) is 0 Å². The van der Waals surface area contributed by atoms with Crippen LogP contribution in [0.25, 0.3) is 0 Å². The van der Waals surface area contributed by atoms with Crippen LogP contribution in [-0.2, 0) is 13.1 Å². The zero-order chi connectivity index (χ0) is 17.4. The molecule has 0 radical (unpaired) electrons. The van der Waals surface area contributed by atoms with Crippen LogP contribution in [0, 0.1) is 5.92 Å². The van der Waals surface area contributed by atoms with Crippen molar-refractivity contribution in [3.8, 4) is 0 Å². The molecule has 0 saturated carbocycles. The predicted molar refractivity (Wildman–Crippen MR) is 93.5 cm³/mol. The van der Waals surface area contributed by atoms with Crippen LogP contribution in [0.2, 0.25) is 0 Å². The van der Waals surface area contributed by atoms with Gasteiger partial charge in [0, 0.05) is 32.0 Å². The molecule has 1 heterocycles. The number of hydrogen-bond acceptors (Lipinski definition) is 3. The van der Waals surface area contributed by atoms with E-state index in [1.807, 2.05) is 36.7 Å². The van der Waals surface area contributed by atoms with Crippen LogP contribution in [0.15, 0.2) is 43.0 Å². The van der Waals surface area contributed by atoms with Crippen LogP contribution in [0.3, 0.4) is 0 Å². The van der Waals surface area contributed by atoms with Gasteiger partial charge in [0.2, 0.25) is 0 Å². The Kier molecular flexibility index (Phi) is 6.81. The van der Waals surface area contributed by atoms with E-state index in [1.54, 1.807) is 12.5 Å². The number of imidazole rings is 1. The van der Waals surface area contributed by atoms with E-state index in [1.165, 1.54) is 0 Å². The molecule has 2 amide bonds. The van der Waals surface area contributed by atoms with E-state index in [-0.39, 0.29) is 18.1 Å². The van der Waals surface area contributed by atoms with Crippen molar-refractivity contribution in [2.24, 2.45) is 5.92 Å². The molecule has 6 nitrogen and oxygen atoms in total. The topological polar surface area (TPSA) is 79.2 Å². The Morgan fingerprint density at radius 3 is 2.79 bits per heavy atom. The molecule has 0 spiro atoms. The van der Waals surface area contributed by atoms with Crippen molar-refractivity contribution in [3.05, 3.63) is 54.1 Å². The minimum Gasteiger partial charge on any atom is -0.393 e. The van der Waals surface area contributed by atoms with Crippen molar-refractivity contribution >= 4 is 6.03 Å². The summed E-state index contributed by atoms with van der Waals surface area (Å²) in [5.74, 6) is 0.202. The molecule has 2 aromatic rings. The number of rotatable bonds is 8. The highest BCUT2D eigenvalue weighted by molar-refractivity contribution is 5.73. The number of aromatic nitrogens is 2. The van der Waals surface area contributed by atoms with Gasteiger partial charge in [0.1, 0.15) is 0 Å². The summed E-state index contributed by atoms with van der Waals surface area (Å²) in [5, 5.41) is 15.3. The molecule has 6 heteroatoms. The summed E-state index contributed by atoms with van der Waals surface area (Å²) >= 11 is 0. The highest BCUT2D eigenvalue weighted by Crippen LogP contribution is 2.07. The first-order valence-corrected chi connectivity index (χ1v) is 8.28. The molecule has 130 valence electrons. The fourth-order valence-corrected chi connectivity index (χ4v) is 2.34. The SMILES string of the molecule is CC(C)C(O)CCNC(=O)NCc1cccc(Cn2ccnc2)c1. The Balaban J connectivity index is 1.74. The maximum Gasteiger partial charge on any atom is 0.315 e. The Morgan fingerprint density at radius 2 is 2.08 bits per heavy atom. The van der Waals surface area contributed by atoms with Crippen LogP contribution in [0.4, 0.5) is 4.79 Å². The summed E-state index contributed by atoms with van der Waals surface area (Å²) in [6, 6.07) is 7.88. The first-order chi connectivity index (χ1) is 11.5. The lowest BCUT2D eigenvalue weighted by molar-refractivity contribution is 0.116. The van der Waals surface area contributed by atoms with Gasteiger partial charge in [-0.1, -0.05) is 38.1 Å². The summed E-state index contributed by atoms with van der Waals surface area (Å²) in [4.78, 5) is 15.8. The van der Waals surface area contributed by atoms with E-state index < -0.39 is 0 Å². The number of amides is 2. The van der Waals surface area contributed by atoms with Crippen LogP contribution >= 0.6 is 0 Å². The van der Waals surface area contributed by atoms with Crippen LogP contribution in [-0.4, -0.2) is 33.3 Å². The second kappa shape index (κ2) is 9.08. The third-order valence-electron chi connectivity index (χ3n) is 3.86. The molecule has 1 unspecified atom stereocenters. The van der Waals surface area contributed by atoms with Crippen molar-refractivity contribution < 1.29 is 9.90 Å². The molecule has 0 aliphatic heterocycles. The van der Waals surface area contributed by atoms with Gasteiger partial charge in [0.15, 0.2) is 0 Å². The minimum atomic E-state index is -0.384. The standard InChI is InChI=1S/C18H26N4O2/c1-14(2)17(23)6-7-20-18(24)21-11-15-4-3-5-16(10-15)12-22-9-8-19-13-22/h3-5,8-10,13-14,17,23H,6-7,11-12H2,1-2H3,(H2,20,21,24). The van der Waals surface area contributed by atoms with E-state index in [4.69, 9.17) is 0 Å². The number of aliphatic hydroxyl groups is 1. The van der Waals surface area contributed by atoms with Crippen LogP contribution < -0.4 is 10.6 Å². The highest BCUT2D eigenvalue weighted by Gasteiger charge is 2.09. The number of aliphatic hydroxyl groups excluding tert-OH is 1. The van der Waals surface area contributed by atoms with E-state index in [0.717, 1.165) is 17.7 Å². The summed E-state index contributed by atoms with van der Waals surface area (Å²) in [6.45, 7) is 5.61. The van der Waals surface area contributed by atoms with Crippen molar-refractivity contribution in [1.82, 2.24) is 20.2 Å². The van der Waals surface area contributed by atoms with Crippen molar-refractivity contribution in [2.75, 3.05) is 6.54 Å². The number of carbonyl (C=O) groups excluding carboxylic acids is 1. The second-order valence-electron chi connectivity index (χ2n) is 6.26. The zero-order valence-electron chi connectivity index (χ0n) is 14.3. The first kappa shape index (κ1) is 18.0. The third-order valence-corrected chi connectivity index (χ3v) is 3.86. The van der Waals surface area contributed by atoms with Crippen LogP contribution in [0.1, 0.15) is 31.4 Å². The van der Waals surface area contributed by atoms with E-state index in [9.17, 15) is 9.90 Å². The highest BCUT2D eigenvalue weighted by atomic mass is 16.3. The molecule has 0 aliphatic rings. The molecule has 1 atom stereocenters. The average Bonchev–Trinajstić information content (AvgIpc) is 3.06. The fraction of sp³-hybridized carbons (Fsp3) is 0.444. The Morgan fingerprint density at radius 1 is 1.29 bits per heavy atom. The number of carbonyl (C=O) groups is 1. The smallest absolute Gasteiger partial charge is 0.315 e. The van der Waals surface area contributed by atoms with Gasteiger partial charge in [0.25, 0.3) is 0 Å².